The van der Waals surface area contributed by atoms with Crippen molar-refractivity contribution < 1.29 is 12.8 Å². The summed E-state index contributed by atoms with van der Waals surface area (Å²) in [6, 6.07) is 3.31. The second-order valence-corrected chi connectivity index (χ2v) is 12.3. The van der Waals surface area contributed by atoms with Crippen molar-refractivity contribution in [2.45, 2.75) is 75.0 Å². The standard InChI is InChI=1S/C22H31BrFN3O2S2/c1-16-14-27-22(30-16)15-31(28,29)21-12-18(23)20(13-19(21)24)26-11-6-3-2-4-8-17-9-5-7-10-25-17/h12-14,17,25-26H,2-11,15H2,1H3/t17-/m0/s1. The van der Waals surface area contributed by atoms with Gasteiger partial charge < -0.3 is 10.6 Å². The lowest BCUT2D eigenvalue weighted by Gasteiger charge is -2.23. The Morgan fingerprint density at radius 1 is 1.26 bits per heavy atom. The number of thiazole rings is 1. The number of hydrogen-bond acceptors (Lipinski definition) is 6. The minimum atomic E-state index is -3.80. The number of nitrogens with zero attached hydrogens (tertiary/aromatic N) is 1. The van der Waals surface area contributed by atoms with Crippen LogP contribution in [0.3, 0.4) is 0 Å². The summed E-state index contributed by atoms with van der Waals surface area (Å²) in [4.78, 5) is 4.71. The maximum Gasteiger partial charge on any atom is 0.187 e. The number of aromatic nitrogens is 1. The van der Waals surface area contributed by atoms with Gasteiger partial charge in [0.1, 0.15) is 21.5 Å². The Hall–Kier alpha value is -1.03. The molecular formula is C22H31BrFN3O2S2. The van der Waals surface area contributed by atoms with E-state index in [4.69, 9.17) is 0 Å². The van der Waals surface area contributed by atoms with E-state index in [-0.39, 0.29) is 10.6 Å². The number of rotatable bonds is 11. The smallest absolute Gasteiger partial charge is 0.187 e. The van der Waals surface area contributed by atoms with E-state index < -0.39 is 15.7 Å². The van der Waals surface area contributed by atoms with Crippen molar-refractivity contribution in [3.63, 3.8) is 0 Å². The molecule has 3 rings (SSSR count). The number of anilines is 1. The molecule has 1 atom stereocenters. The van der Waals surface area contributed by atoms with Crippen LogP contribution < -0.4 is 10.6 Å². The molecule has 172 valence electrons. The van der Waals surface area contributed by atoms with Crippen LogP contribution in [0, 0.1) is 12.7 Å². The van der Waals surface area contributed by atoms with E-state index in [2.05, 4.69) is 31.5 Å². The van der Waals surface area contributed by atoms with E-state index in [1.807, 2.05) is 6.92 Å². The van der Waals surface area contributed by atoms with E-state index in [1.54, 1.807) is 6.20 Å². The molecule has 0 amide bonds. The quantitative estimate of drug-likeness (QED) is 0.357. The molecule has 0 radical (unpaired) electrons. The molecule has 1 aliphatic rings. The lowest BCUT2D eigenvalue weighted by Crippen LogP contribution is -2.33. The Morgan fingerprint density at radius 2 is 2.06 bits per heavy atom. The van der Waals surface area contributed by atoms with Crippen molar-refractivity contribution in [3.8, 4) is 0 Å². The zero-order chi connectivity index (χ0) is 22.3. The second-order valence-electron chi connectivity index (χ2n) is 8.16. The number of halogens is 2. The summed E-state index contributed by atoms with van der Waals surface area (Å²) in [7, 11) is -3.80. The highest BCUT2D eigenvalue weighted by molar-refractivity contribution is 9.10. The molecule has 0 bridgehead atoms. The lowest BCUT2D eigenvalue weighted by molar-refractivity contribution is 0.371. The number of benzene rings is 1. The van der Waals surface area contributed by atoms with Gasteiger partial charge in [0, 0.05) is 28.1 Å². The highest BCUT2D eigenvalue weighted by Crippen LogP contribution is 2.30. The third kappa shape index (κ3) is 7.51. The molecule has 2 aromatic rings. The minimum absolute atomic E-state index is 0.294. The average molecular weight is 533 g/mol. The Kier molecular flexibility index (Phi) is 9.31. The topological polar surface area (TPSA) is 71.1 Å². The van der Waals surface area contributed by atoms with Crippen LogP contribution >= 0.6 is 27.3 Å². The Balaban J connectivity index is 1.45. The highest BCUT2D eigenvalue weighted by atomic mass is 79.9. The van der Waals surface area contributed by atoms with E-state index in [0.717, 1.165) is 30.8 Å². The first-order valence-corrected chi connectivity index (χ1v) is 14.2. The van der Waals surface area contributed by atoms with Gasteiger partial charge >= 0.3 is 0 Å². The van der Waals surface area contributed by atoms with Crippen LogP contribution in [0.2, 0.25) is 0 Å². The first-order chi connectivity index (χ1) is 14.8. The van der Waals surface area contributed by atoms with Crippen molar-refractivity contribution in [2.75, 3.05) is 18.4 Å². The molecule has 9 heteroatoms. The van der Waals surface area contributed by atoms with Gasteiger partial charge in [-0.25, -0.2) is 17.8 Å². The summed E-state index contributed by atoms with van der Waals surface area (Å²) in [5.74, 6) is -1.03. The van der Waals surface area contributed by atoms with Crippen LogP contribution in [0.15, 0.2) is 27.7 Å². The molecule has 1 aromatic carbocycles. The molecule has 1 fully saturated rings. The summed E-state index contributed by atoms with van der Waals surface area (Å²) in [5.41, 5.74) is 0.577. The zero-order valence-corrected chi connectivity index (χ0v) is 21.1. The first kappa shape index (κ1) is 24.6. The molecule has 1 aromatic heterocycles. The van der Waals surface area contributed by atoms with E-state index in [0.29, 0.717) is 21.2 Å². The van der Waals surface area contributed by atoms with Crippen LogP contribution in [-0.2, 0) is 15.6 Å². The van der Waals surface area contributed by atoms with E-state index in [1.165, 1.54) is 62.0 Å². The zero-order valence-electron chi connectivity index (χ0n) is 17.9. The van der Waals surface area contributed by atoms with Crippen molar-refractivity contribution >= 4 is 42.8 Å². The maximum atomic E-state index is 14.6. The first-order valence-electron chi connectivity index (χ1n) is 11.0. The molecule has 1 aliphatic heterocycles. The molecule has 1 saturated heterocycles. The van der Waals surface area contributed by atoms with Gasteiger partial charge in [0.15, 0.2) is 9.84 Å². The van der Waals surface area contributed by atoms with Gasteiger partial charge in [-0.1, -0.05) is 25.7 Å². The summed E-state index contributed by atoms with van der Waals surface area (Å²) in [5, 5.41) is 7.27. The number of aryl methyl sites for hydroxylation is 1. The second kappa shape index (κ2) is 11.7. The monoisotopic (exact) mass is 531 g/mol. The summed E-state index contributed by atoms with van der Waals surface area (Å²) in [6.45, 7) is 3.74. The minimum Gasteiger partial charge on any atom is -0.384 e. The fourth-order valence-electron chi connectivity index (χ4n) is 3.87. The van der Waals surface area contributed by atoms with Gasteiger partial charge in [-0.3, -0.25) is 0 Å². The van der Waals surface area contributed by atoms with Gasteiger partial charge in [0.25, 0.3) is 0 Å². The molecule has 31 heavy (non-hydrogen) atoms. The fourth-order valence-corrected chi connectivity index (χ4v) is 7.00. The maximum absolute atomic E-state index is 14.6. The van der Waals surface area contributed by atoms with Gasteiger partial charge in [-0.2, -0.15) is 0 Å². The van der Waals surface area contributed by atoms with Crippen LogP contribution in [0.5, 0.6) is 0 Å². The van der Waals surface area contributed by atoms with Gasteiger partial charge in [-0.05, 0) is 67.2 Å². The van der Waals surface area contributed by atoms with Gasteiger partial charge in [0.2, 0.25) is 0 Å². The van der Waals surface area contributed by atoms with Crippen molar-refractivity contribution in [3.05, 3.63) is 38.5 Å². The number of nitrogens with one attached hydrogen (secondary N) is 2. The van der Waals surface area contributed by atoms with Gasteiger partial charge in [0.05, 0.1) is 5.69 Å². The van der Waals surface area contributed by atoms with Crippen LogP contribution in [0.4, 0.5) is 10.1 Å². The summed E-state index contributed by atoms with van der Waals surface area (Å²) < 4.78 is 40.5. The fraction of sp³-hybridized carbons (Fsp3) is 0.591. The molecule has 0 unspecified atom stereocenters. The third-order valence-corrected chi connectivity index (χ3v) is 8.93. The molecule has 0 spiro atoms. The van der Waals surface area contributed by atoms with Crippen molar-refractivity contribution in [1.82, 2.24) is 10.3 Å². The predicted molar refractivity (Wildman–Crippen MR) is 129 cm³/mol. The SMILES string of the molecule is Cc1cnc(CS(=O)(=O)c2cc(Br)c(NCCCCCC[C@H]3CCCCN3)cc2F)s1. The summed E-state index contributed by atoms with van der Waals surface area (Å²) >= 11 is 4.70. The third-order valence-electron chi connectivity index (χ3n) is 5.55. The van der Waals surface area contributed by atoms with E-state index >= 15 is 0 Å². The highest BCUT2D eigenvalue weighted by Gasteiger charge is 2.23. The van der Waals surface area contributed by atoms with Crippen LogP contribution in [0.1, 0.15) is 61.3 Å². The number of piperidine rings is 1. The number of hydrogen-bond donors (Lipinski definition) is 2. The Bertz CT molecular complexity index is 960. The lowest BCUT2D eigenvalue weighted by atomic mass is 9.99. The van der Waals surface area contributed by atoms with E-state index in [9.17, 15) is 12.8 Å². The Morgan fingerprint density at radius 3 is 2.77 bits per heavy atom. The van der Waals surface area contributed by atoms with Crippen molar-refractivity contribution in [2.24, 2.45) is 0 Å². The largest absolute Gasteiger partial charge is 0.384 e. The average Bonchev–Trinajstić information content (AvgIpc) is 3.13. The number of sulfone groups is 1. The molecule has 2 N–H and O–H groups in total. The molecule has 5 nitrogen and oxygen atoms in total. The van der Waals surface area contributed by atoms with Gasteiger partial charge in [-0.15, -0.1) is 11.3 Å². The van der Waals surface area contributed by atoms with Crippen molar-refractivity contribution in [1.29, 1.82) is 0 Å². The Labute approximate surface area is 197 Å². The molecular weight excluding hydrogens is 501 g/mol. The predicted octanol–water partition coefficient (Wildman–Crippen LogP) is 5.83. The molecule has 2 heterocycles. The van der Waals surface area contributed by atoms with Crippen LogP contribution in [-0.4, -0.2) is 32.5 Å². The number of unbranched alkanes of at least 4 members (excludes halogenated alkanes) is 3. The summed E-state index contributed by atoms with van der Waals surface area (Å²) in [6.07, 6.45) is 11.4. The molecule has 0 saturated carbocycles. The normalized spacial score (nSPS) is 17.1. The molecule has 0 aliphatic carbocycles. The van der Waals surface area contributed by atoms with Crippen LogP contribution in [0.25, 0.3) is 0 Å².